The van der Waals surface area contributed by atoms with E-state index in [4.69, 9.17) is 9.88 Å². The molecule has 6 nitrogen and oxygen atoms in total. The Hall–Kier alpha value is -0.210. The Morgan fingerprint density at radius 2 is 2.33 bits per heavy atom. The summed E-state index contributed by atoms with van der Waals surface area (Å²) in [7, 11) is -1.49. The fourth-order valence-corrected chi connectivity index (χ4v) is 2.03. The van der Waals surface area contributed by atoms with Crippen LogP contribution < -0.4 is 10.5 Å². The largest absolute Gasteiger partial charge is 0.374 e. The van der Waals surface area contributed by atoms with Crippen LogP contribution >= 0.6 is 0 Å². The molecule has 1 atom stereocenters. The van der Waals surface area contributed by atoms with Crippen molar-refractivity contribution in [2.45, 2.75) is 6.10 Å². The molecule has 7 heteroatoms. The topological polar surface area (TPSA) is 84.7 Å². The van der Waals surface area contributed by atoms with E-state index < -0.39 is 10.0 Å². The standard InChI is InChI=1S/C8H19N3O3S/c1-11(3-5-15(9,12)13)7-8-6-10-2-4-14-8/h8,10H,2-7H2,1H3,(H2,9,12,13). The fourth-order valence-electron chi connectivity index (χ4n) is 1.46. The van der Waals surface area contributed by atoms with E-state index in [1.54, 1.807) is 0 Å². The lowest BCUT2D eigenvalue weighted by atomic mass is 10.3. The van der Waals surface area contributed by atoms with Crippen LogP contribution in [0.2, 0.25) is 0 Å². The van der Waals surface area contributed by atoms with Crippen LogP contribution in [0.1, 0.15) is 0 Å². The van der Waals surface area contributed by atoms with Crippen LogP contribution in [0.4, 0.5) is 0 Å². The van der Waals surface area contributed by atoms with E-state index in [-0.39, 0.29) is 11.9 Å². The molecule has 1 saturated heterocycles. The number of morpholine rings is 1. The molecule has 15 heavy (non-hydrogen) atoms. The lowest BCUT2D eigenvalue weighted by Crippen LogP contribution is -2.45. The number of nitrogens with two attached hydrogens (primary N) is 1. The van der Waals surface area contributed by atoms with E-state index in [9.17, 15) is 8.42 Å². The molecule has 90 valence electrons. The zero-order valence-corrected chi connectivity index (χ0v) is 9.79. The molecule has 0 spiro atoms. The van der Waals surface area contributed by atoms with Gasteiger partial charge in [0.2, 0.25) is 10.0 Å². The molecule has 1 rings (SSSR count). The summed E-state index contributed by atoms with van der Waals surface area (Å²) in [6.07, 6.45) is 0.143. The van der Waals surface area contributed by atoms with Gasteiger partial charge in [0.15, 0.2) is 0 Å². The third-order valence-electron chi connectivity index (χ3n) is 2.28. The SMILES string of the molecule is CN(CCS(N)(=O)=O)CC1CNCCO1. The number of sulfonamides is 1. The molecule has 1 fully saturated rings. The van der Waals surface area contributed by atoms with Crippen molar-refractivity contribution in [1.29, 1.82) is 0 Å². The number of rotatable bonds is 5. The second-order valence-corrected chi connectivity index (χ2v) is 5.56. The summed E-state index contributed by atoms with van der Waals surface area (Å²) in [5.41, 5.74) is 0. The number of nitrogens with one attached hydrogen (secondary N) is 1. The van der Waals surface area contributed by atoms with Gasteiger partial charge in [-0.3, -0.25) is 0 Å². The van der Waals surface area contributed by atoms with Crippen molar-refractivity contribution in [3.8, 4) is 0 Å². The molecule has 0 saturated carbocycles. The van der Waals surface area contributed by atoms with Gasteiger partial charge in [-0.1, -0.05) is 0 Å². The third kappa shape index (κ3) is 6.06. The molecule has 0 amide bonds. The minimum Gasteiger partial charge on any atom is -0.374 e. The van der Waals surface area contributed by atoms with E-state index in [2.05, 4.69) is 5.32 Å². The molecule has 1 unspecified atom stereocenters. The van der Waals surface area contributed by atoms with Gasteiger partial charge in [-0.25, -0.2) is 13.6 Å². The Morgan fingerprint density at radius 3 is 2.87 bits per heavy atom. The lowest BCUT2D eigenvalue weighted by Gasteiger charge is -2.27. The first-order valence-electron chi connectivity index (χ1n) is 4.99. The minimum absolute atomic E-state index is 0.0103. The number of hydrogen-bond acceptors (Lipinski definition) is 5. The Bertz CT molecular complexity index is 275. The maximum atomic E-state index is 10.7. The Morgan fingerprint density at radius 1 is 1.60 bits per heavy atom. The second-order valence-electron chi connectivity index (χ2n) is 3.83. The summed E-state index contributed by atoms with van der Waals surface area (Å²) in [6, 6.07) is 0. The van der Waals surface area contributed by atoms with Crippen molar-refractivity contribution in [3.63, 3.8) is 0 Å². The monoisotopic (exact) mass is 237 g/mol. The van der Waals surface area contributed by atoms with Gasteiger partial charge in [-0.2, -0.15) is 0 Å². The number of hydrogen-bond donors (Lipinski definition) is 2. The fraction of sp³-hybridized carbons (Fsp3) is 1.00. The van der Waals surface area contributed by atoms with Crippen LogP contribution in [0.3, 0.4) is 0 Å². The van der Waals surface area contributed by atoms with E-state index in [0.29, 0.717) is 13.2 Å². The Kier molecular flexibility index (Phi) is 4.94. The van der Waals surface area contributed by atoms with Gasteiger partial charge in [0, 0.05) is 26.2 Å². The predicted molar refractivity (Wildman–Crippen MR) is 58.1 cm³/mol. The molecule has 1 heterocycles. The van der Waals surface area contributed by atoms with Crippen LogP contribution in [0.25, 0.3) is 0 Å². The molecule has 1 aliphatic rings. The summed E-state index contributed by atoms with van der Waals surface area (Å²) in [5.74, 6) is -0.0103. The number of primary sulfonamides is 1. The van der Waals surface area contributed by atoms with E-state index >= 15 is 0 Å². The zero-order valence-electron chi connectivity index (χ0n) is 8.98. The summed E-state index contributed by atoms with van der Waals surface area (Å²) in [5, 5.41) is 8.14. The average Bonchev–Trinajstić information content (AvgIpc) is 2.15. The second kappa shape index (κ2) is 5.76. The number of likely N-dealkylation sites (N-methyl/N-ethyl adjacent to an activating group) is 1. The van der Waals surface area contributed by atoms with E-state index in [1.165, 1.54) is 0 Å². The first kappa shape index (κ1) is 12.9. The summed E-state index contributed by atoms with van der Waals surface area (Å²) >= 11 is 0. The van der Waals surface area contributed by atoms with Crippen LogP contribution in [-0.4, -0.2) is 65.0 Å². The predicted octanol–water partition coefficient (Wildman–Crippen LogP) is -1.80. The first-order chi connectivity index (χ1) is 6.97. The highest BCUT2D eigenvalue weighted by Crippen LogP contribution is 1.98. The van der Waals surface area contributed by atoms with Crippen LogP contribution in [0.5, 0.6) is 0 Å². The van der Waals surface area contributed by atoms with Crippen molar-refractivity contribution in [2.24, 2.45) is 5.14 Å². The molecule has 0 aromatic rings. The number of nitrogens with zero attached hydrogens (tertiary/aromatic N) is 1. The lowest BCUT2D eigenvalue weighted by molar-refractivity contribution is 0.0110. The van der Waals surface area contributed by atoms with E-state index in [1.807, 2.05) is 11.9 Å². The molecule has 0 bridgehead atoms. The van der Waals surface area contributed by atoms with Gasteiger partial charge in [0.1, 0.15) is 0 Å². The van der Waals surface area contributed by atoms with Crippen LogP contribution in [0, 0.1) is 0 Å². The van der Waals surface area contributed by atoms with Crippen LogP contribution in [0.15, 0.2) is 0 Å². The normalized spacial score (nSPS) is 23.3. The van der Waals surface area contributed by atoms with Gasteiger partial charge in [-0.05, 0) is 7.05 Å². The molecular formula is C8H19N3O3S. The van der Waals surface area contributed by atoms with Gasteiger partial charge < -0.3 is 15.0 Å². The van der Waals surface area contributed by atoms with Gasteiger partial charge in [0.05, 0.1) is 18.5 Å². The highest BCUT2D eigenvalue weighted by atomic mass is 32.2. The van der Waals surface area contributed by atoms with Crippen molar-refractivity contribution in [1.82, 2.24) is 10.2 Å². The molecule has 0 radical (unpaired) electrons. The first-order valence-corrected chi connectivity index (χ1v) is 6.70. The summed E-state index contributed by atoms with van der Waals surface area (Å²) < 4.78 is 27.0. The quantitative estimate of drug-likeness (QED) is 0.589. The molecular weight excluding hydrogens is 218 g/mol. The molecule has 0 aromatic carbocycles. The highest BCUT2D eigenvalue weighted by Gasteiger charge is 2.16. The van der Waals surface area contributed by atoms with Crippen molar-refractivity contribution in [2.75, 3.05) is 45.6 Å². The number of ether oxygens (including phenoxy) is 1. The Balaban J connectivity index is 2.20. The highest BCUT2D eigenvalue weighted by molar-refractivity contribution is 7.89. The summed E-state index contributed by atoms with van der Waals surface area (Å²) in [4.78, 5) is 1.92. The molecule has 3 N–H and O–H groups in total. The van der Waals surface area contributed by atoms with Crippen molar-refractivity contribution < 1.29 is 13.2 Å². The van der Waals surface area contributed by atoms with E-state index in [0.717, 1.165) is 19.6 Å². The van der Waals surface area contributed by atoms with Crippen molar-refractivity contribution in [3.05, 3.63) is 0 Å². The zero-order chi connectivity index (χ0) is 11.3. The minimum atomic E-state index is -3.36. The smallest absolute Gasteiger partial charge is 0.210 e. The van der Waals surface area contributed by atoms with Crippen LogP contribution in [-0.2, 0) is 14.8 Å². The Labute approximate surface area is 90.8 Å². The van der Waals surface area contributed by atoms with Gasteiger partial charge >= 0.3 is 0 Å². The maximum absolute atomic E-state index is 10.7. The third-order valence-corrected chi connectivity index (χ3v) is 3.03. The maximum Gasteiger partial charge on any atom is 0.210 e. The average molecular weight is 237 g/mol. The van der Waals surface area contributed by atoms with Crippen molar-refractivity contribution >= 4 is 10.0 Å². The molecule has 0 aromatic heterocycles. The van der Waals surface area contributed by atoms with Gasteiger partial charge in [-0.15, -0.1) is 0 Å². The summed E-state index contributed by atoms with van der Waals surface area (Å²) in [6.45, 7) is 3.59. The molecule has 0 aliphatic carbocycles. The van der Waals surface area contributed by atoms with Gasteiger partial charge in [0.25, 0.3) is 0 Å². The molecule has 1 aliphatic heterocycles.